The predicted octanol–water partition coefficient (Wildman–Crippen LogP) is 1.78. The average molecular weight is 243 g/mol. The van der Waals surface area contributed by atoms with Crippen LogP contribution in [0.2, 0.25) is 0 Å². The number of ether oxygens (including phenoxy) is 1. The largest absolute Gasteiger partial charge is 0.466 e. The summed E-state index contributed by atoms with van der Waals surface area (Å²) in [5.41, 5.74) is 0. The molecule has 0 saturated carbocycles. The van der Waals surface area contributed by atoms with E-state index in [0.717, 1.165) is 6.92 Å². The number of esters is 1. The van der Waals surface area contributed by atoms with Gasteiger partial charge in [-0.25, -0.2) is 0 Å². The number of carbonyl (C=O) groups excluding carboxylic acids is 1. The summed E-state index contributed by atoms with van der Waals surface area (Å²) in [7, 11) is 0. The molecule has 0 heterocycles. The fourth-order valence-electron chi connectivity index (χ4n) is 1.11. The number of rotatable bonds is 5. The van der Waals surface area contributed by atoms with Crippen molar-refractivity contribution in [3.63, 3.8) is 0 Å². The lowest BCUT2D eigenvalue weighted by atomic mass is 9.97. The second kappa shape index (κ2) is 5.66. The topological polar surface area (TPSA) is 69.4 Å². The lowest BCUT2D eigenvalue weighted by Crippen LogP contribution is -2.38. The summed E-state index contributed by atoms with van der Waals surface area (Å²) >= 11 is 0. The predicted molar refractivity (Wildman–Crippen MR) is 47.3 cm³/mol. The van der Waals surface area contributed by atoms with Gasteiger partial charge in [0.2, 0.25) is 6.04 Å². The number of nitro groups is 1. The molecular weight excluding hydrogens is 231 g/mol. The molecule has 5 nitrogen and oxygen atoms in total. The Morgan fingerprint density at radius 3 is 2.31 bits per heavy atom. The molecule has 0 aliphatic heterocycles. The van der Waals surface area contributed by atoms with Gasteiger partial charge in [-0.05, 0) is 6.92 Å². The van der Waals surface area contributed by atoms with Gasteiger partial charge < -0.3 is 4.74 Å². The second-order valence-corrected chi connectivity index (χ2v) is 3.18. The number of carbonyl (C=O) groups is 1. The summed E-state index contributed by atoms with van der Waals surface area (Å²) in [6, 6.07) is -1.87. The lowest BCUT2D eigenvalue weighted by Gasteiger charge is -2.20. The van der Waals surface area contributed by atoms with E-state index in [1.54, 1.807) is 0 Å². The molecule has 0 spiro atoms. The van der Waals surface area contributed by atoms with Crippen LogP contribution in [0.5, 0.6) is 0 Å². The number of alkyl halides is 3. The van der Waals surface area contributed by atoms with Gasteiger partial charge in [0.05, 0.1) is 13.0 Å². The van der Waals surface area contributed by atoms with Gasteiger partial charge in [-0.2, -0.15) is 13.2 Å². The van der Waals surface area contributed by atoms with Crippen LogP contribution < -0.4 is 0 Å². The zero-order valence-corrected chi connectivity index (χ0v) is 8.78. The number of nitrogens with zero attached hydrogens (tertiary/aromatic N) is 1. The van der Waals surface area contributed by atoms with Crippen molar-refractivity contribution >= 4 is 5.97 Å². The molecule has 0 aromatic rings. The summed E-state index contributed by atoms with van der Waals surface area (Å²) < 4.78 is 41.6. The highest BCUT2D eigenvalue weighted by Gasteiger charge is 2.49. The van der Waals surface area contributed by atoms with Crippen LogP contribution >= 0.6 is 0 Å². The molecule has 0 saturated heterocycles. The zero-order chi connectivity index (χ0) is 12.9. The van der Waals surface area contributed by atoms with Crippen LogP contribution in [0.4, 0.5) is 13.2 Å². The smallest absolute Gasteiger partial charge is 0.398 e. The molecule has 0 N–H and O–H groups in total. The Hall–Kier alpha value is -1.34. The third-order valence-electron chi connectivity index (χ3n) is 2.03. The van der Waals surface area contributed by atoms with Gasteiger partial charge in [-0.15, -0.1) is 0 Å². The summed E-state index contributed by atoms with van der Waals surface area (Å²) in [5.74, 6) is -3.40. The fraction of sp³-hybridized carbons (Fsp3) is 0.875. The van der Waals surface area contributed by atoms with E-state index in [4.69, 9.17) is 0 Å². The van der Waals surface area contributed by atoms with Gasteiger partial charge in [-0.1, -0.05) is 0 Å². The molecule has 0 bridgehead atoms. The molecule has 2 unspecified atom stereocenters. The number of halogens is 3. The standard InChI is InChI=1S/C8H12F3NO4/c1-3-16-7(13)4-6(8(9,10)11)5(2)12(14)15/h5-6H,3-4H2,1-2H3. The van der Waals surface area contributed by atoms with Crippen molar-refractivity contribution in [2.45, 2.75) is 32.5 Å². The quantitative estimate of drug-likeness (QED) is 0.419. The van der Waals surface area contributed by atoms with Crippen molar-refractivity contribution in [1.82, 2.24) is 0 Å². The molecule has 0 rings (SSSR count). The van der Waals surface area contributed by atoms with Gasteiger partial charge in [0.1, 0.15) is 5.92 Å². The van der Waals surface area contributed by atoms with Gasteiger partial charge >= 0.3 is 12.1 Å². The van der Waals surface area contributed by atoms with Crippen molar-refractivity contribution in [2.75, 3.05) is 6.61 Å². The average Bonchev–Trinajstić information content (AvgIpc) is 2.11. The summed E-state index contributed by atoms with van der Waals surface area (Å²) in [6.45, 7) is 2.20. The summed E-state index contributed by atoms with van der Waals surface area (Å²) in [4.78, 5) is 20.1. The van der Waals surface area contributed by atoms with E-state index in [-0.39, 0.29) is 6.61 Å². The molecule has 0 aliphatic rings. The molecule has 0 aromatic heterocycles. The molecule has 16 heavy (non-hydrogen) atoms. The zero-order valence-electron chi connectivity index (χ0n) is 8.78. The first kappa shape index (κ1) is 14.7. The molecule has 0 aromatic carbocycles. The Labute approximate surface area is 89.7 Å². The Kier molecular flexibility index (Phi) is 5.19. The number of hydrogen-bond acceptors (Lipinski definition) is 4. The second-order valence-electron chi connectivity index (χ2n) is 3.18. The highest BCUT2D eigenvalue weighted by molar-refractivity contribution is 5.69. The molecule has 0 radical (unpaired) electrons. The molecule has 2 atom stereocenters. The highest BCUT2D eigenvalue weighted by Crippen LogP contribution is 2.32. The van der Waals surface area contributed by atoms with Gasteiger partial charge in [0, 0.05) is 11.8 Å². The minimum absolute atomic E-state index is 0.0593. The van der Waals surface area contributed by atoms with Crippen LogP contribution in [0.3, 0.4) is 0 Å². The van der Waals surface area contributed by atoms with Crippen LogP contribution in [0.1, 0.15) is 20.3 Å². The van der Waals surface area contributed by atoms with Crippen molar-refractivity contribution in [2.24, 2.45) is 5.92 Å². The third-order valence-corrected chi connectivity index (χ3v) is 2.03. The van der Waals surface area contributed by atoms with Crippen LogP contribution in [0, 0.1) is 16.0 Å². The molecule has 0 amide bonds. The first-order valence-corrected chi connectivity index (χ1v) is 4.56. The van der Waals surface area contributed by atoms with Crippen LogP contribution in [-0.2, 0) is 9.53 Å². The summed E-state index contributed by atoms with van der Waals surface area (Å²) in [6.07, 6.45) is -5.82. The normalized spacial score (nSPS) is 15.3. The van der Waals surface area contributed by atoms with Gasteiger partial charge in [0.15, 0.2) is 0 Å². The third kappa shape index (κ3) is 4.45. The Bertz CT molecular complexity index is 266. The van der Waals surface area contributed by atoms with Crippen molar-refractivity contribution in [3.05, 3.63) is 10.1 Å². The summed E-state index contributed by atoms with van der Waals surface area (Å²) in [5, 5.41) is 10.3. The van der Waals surface area contributed by atoms with Crippen molar-refractivity contribution < 1.29 is 27.6 Å². The Morgan fingerprint density at radius 1 is 1.50 bits per heavy atom. The Morgan fingerprint density at radius 2 is 2.00 bits per heavy atom. The van der Waals surface area contributed by atoms with E-state index in [2.05, 4.69) is 4.74 Å². The maximum absolute atomic E-state index is 12.4. The van der Waals surface area contributed by atoms with E-state index in [9.17, 15) is 28.1 Å². The van der Waals surface area contributed by atoms with E-state index < -0.39 is 35.4 Å². The van der Waals surface area contributed by atoms with E-state index in [1.807, 2.05) is 0 Å². The highest BCUT2D eigenvalue weighted by atomic mass is 19.4. The van der Waals surface area contributed by atoms with Crippen LogP contribution in [0.15, 0.2) is 0 Å². The maximum atomic E-state index is 12.4. The maximum Gasteiger partial charge on any atom is 0.398 e. The van der Waals surface area contributed by atoms with E-state index in [0.29, 0.717) is 0 Å². The minimum atomic E-state index is -4.79. The molecular formula is C8H12F3NO4. The fourth-order valence-corrected chi connectivity index (χ4v) is 1.11. The Balaban J connectivity index is 4.70. The van der Waals surface area contributed by atoms with E-state index >= 15 is 0 Å². The first-order chi connectivity index (χ1) is 7.20. The number of hydrogen-bond donors (Lipinski definition) is 0. The molecule has 94 valence electrons. The lowest BCUT2D eigenvalue weighted by molar-refractivity contribution is -0.537. The molecule has 0 aliphatic carbocycles. The van der Waals surface area contributed by atoms with Gasteiger partial charge in [0.25, 0.3) is 0 Å². The molecule has 8 heteroatoms. The molecule has 0 fully saturated rings. The SMILES string of the molecule is CCOC(=O)CC(C(C)[N+](=O)[O-])C(F)(F)F. The van der Waals surface area contributed by atoms with Gasteiger partial charge in [-0.3, -0.25) is 14.9 Å². The van der Waals surface area contributed by atoms with Crippen molar-refractivity contribution in [3.8, 4) is 0 Å². The monoisotopic (exact) mass is 243 g/mol. The van der Waals surface area contributed by atoms with Crippen molar-refractivity contribution in [1.29, 1.82) is 0 Å². The first-order valence-electron chi connectivity index (χ1n) is 4.56. The van der Waals surface area contributed by atoms with Crippen LogP contribution in [0.25, 0.3) is 0 Å². The minimum Gasteiger partial charge on any atom is -0.466 e. The van der Waals surface area contributed by atoms with Crippen LogP contribution in [-0.4, -0.2) is 29.7 Å². The van der Waals surface area contributed by atoms with E-state index in [1.165, 1.54) is 6.92 Å².